The predicted molar refractivity (Wildman–Crippen MR) is 66.9 cm³/mol. The normalized spacial score (nSPS) is 18.7. The van der Waals surface area contributed by atoms with Crippen molar-refractivity contribution in [3.05, 3.63) is 29.8 Å². The summed E-state index contributed by atoms with van der Waals surface area (Å²) in [6.45, 7) is 0.586. The van der Waals surface area contributed by atoms with Crippen LogP contribution in [0, 0.1) is 0 Å². The minimum Gasteiger partial charge on any atom is -0.467 e. The summed E-state index contributed by atoms with van der Waals surface area (Å²) in [6.07, 6.45) is 1.48. The van der Waals surface area contributed by atoms with Crippen LogP contribution in [0.2, 0.25) is 0 Å². The largest absolute Gasteiger partial charge is 0.467 e. The van der Waals surface area contributed by atoms with Crippen LogP contribution in [0.3, 0.4) is 0 Å². The molecule has 0 bridgehead atoms. The molecule has 5 nitrogen and oxygen atoms in total. The molecule has 0 unspecified atom stereocenters. The third kappa shape index (κ3) is 2.30. The van der Waals surface area contributed by atoms with Gasteiger partial charge in [-0.2, -0.15) is 0 Å². The number of amides is 1. The highest BCUT2D eigenvalue weighted by atomic mass is 16.5. The maximum atomic E-state index is 12.3. The first kappa shape index (κ1) is 12.4. The number of anilines is 1. The molecule has 1 aromatic carbocycles. The van der Waals surface area contributed by atoms with E-state index in [9.17, 15) is 9.59 Å². The van der Waals surface area contributed by atoms with Crippen molar-refractivity contribution < 1.29 is 14.3 Å². The lowest BCUT2D eigenvalue weighted by Gasteiger charge is -2.22. The Bertz CT molecular complexity index is 456. The van der Waals surface area contributed by atoms with E-state index in [-0.39, 0.29) is 11.9 Å². The lowest BCUT2D eigenvalue weighted by Crippen LogP contribution is -2.41. The first-order valence-electron chi connectivity index (χ1n) is 5.88. The topological polar surface area (TPSA) is 72.6 Å². The van der Waals surface area contributed by atoms with Crippen molar-refractivity contribution in [2.24, 2.45) is 0 Å². The molecular formula is C13H16N2O3. The molecule has 1 fully saturated rings. The Labute approximate surface area is 106 Å². The molecule has 18 heavy (non-hydrogen) atoms. The number of likely N-dealkylation sites (tertiary alicyclic amines) is 1. The highest BCUT2D eigenvalue weighted by Gasteiger charge is 2.35. The second-order valence-electron chi connectivity index (χ2n) is 4.30. The average molecular weight is 248 g/mol. The van der Waals surface area contributed by atoms with Crippen molar-refractivity contribution in [2.75, 3.05) is 19.4 Å². The highest BCUT2D eigenvalue weighted by molar-refractivity contribution is 5.97. The van der Waals surface area contributed by atoms with Gasteiger partial charge in [0.25, 0.3) is 5.91 Å². The Balaban J connectivity index is 2.17. The van der Waals surface area contributed by atoms with E-state index in [1.54, 1.807) is 29.2 Å². The van der Waals surface area contributed by atoms with Crippen LogP contribution in [0.5, 0.6) is 0 Å². The summed E-state index contributed by atoms with van der Waals surface area (Å²) in [5, 5.41) is 0. The number of carbonyl (C=O) groups is 2. The molecule has 0 aliphatic carbocycles. The Hall–Kier alpha value is -2.04. The van der Waals surface area contributed by atoms with Gasteiger partial charge in [0.05, 0.1) is 7.11 Å². The van der Waals surface area contributed by atoms with Crippen molar-refractivity contribution >= 4 is 17.6 Å². The van der Waals surface area contributed by atoms with Crippen molar-refractivity contribution in [1.29, 1.82) is 0 Å². The summed E-state index contributed by atoms with van der Waals surface area (Å²) >= 11 is 0. The Morgan fingerprint density at radius 1 is 1.33 bits per heavy atom. The number of benzene rings is 1. The molecule has 1 aromatic rings. The molecule has 0 radical (unpaired) electrons. The maximum Gasteiger partial charge on any atom is 0.328 e. The minimum absolute atomic E-state index is 0.150. The number of nitrogens with two attached hydrogens (primary N) is 1. The lowest BCUT2D eigenvalue weighted by molar-refractivity contribution is -0.145. The molecule has 1 atom stereocenters. The van der Waals surface area contributed by atoms with Gasteiger partial charge in [-0.25, -0.2) is 4.79 Å². The first-order chi connectivity index (χ1) is 8.63. The van der Waals surface area contributed by atoms with Gasteiger partial charge in [0, 0.05) is 17.8 Å². The van der Waals surface area contributed by atoms with E-state index in [0.29, 0.717) is 24.2 Å². The van der Waals surface area contributed by atoms with Gasteiger partial charge in [-0.05, 0) is 37.1 Å². The third-order valence-electron chi connectivity index (χ3n) is 3.14. The summed E-state index contributed by atoms with van der Waals surface area (Å²) in [4.78, 5) is 25.4. The monoisotopic (exact) mass is 248 g/mol. The molecule has 0 spiro atoms. The van der Waals surface area contributed by atoms with Crippen molar-refractivity contribution in [3.8, 4) is 0 Å². The van der Waals surface area contributed by atoms with Crippen LogP contribution in [-0.4, -0.2) is 36.5 Å². The van der Waals surface area contributed by atoms with Crippen molar-refractivity contribution in [3.63, 3.8) is 0 Å². The molecule has 2 N–H and O–H groups in total. The zero-order chi connectivity index (χ0) is 13.1. The molecule has 2 rings (SSSR count). The highest BCUT2D eigenvalue weighted by Crippen LogP contribution is 2.21. The summed E-state index contributed by atoms with van der Waals surface area (Å²) in [5.41, 5.74) is 6.73. The molecular weight excluding hydrogens is 232 g/mol. The second-order valence-corrected chi connectivity index (χ2v) is 4.30. The number of esters is 1. The lowest BCUT2D eigenvalue weighted by atomic mass is 10.1. The smallest absolute Gasteiger partial charge is 0.328 e. The van der Waals surface area contributed by atoms with Gasteiger partial charge in [-0.15, -0.1) is 0 Å². The fourth-order valence-corrected chi connectivity index (χ4v) is 2.18. The average Bonchev–Trinajstić information content (AvgIpc) is 2.87. The van der Waals surface area contributed by atoms with Gasteiger partial charge >= 0.3 is 5.97 Å². The molecule has 1 aliphatic heterocycles. The Kier molecular flexibility index (Phi) is 3.50. The number of nitrogens with zero attached hydrogens (tertiary/aromatic N) is 1. The zero-order valence-corrected chi connectivity index (χ0v) is 10.3. The maximum absolute atomic E-state index is 12.3. The summed E-state index contributed by atoms with van der Waals surface area (Å²) in [5.74, 6) is -0.501. The summed E-state index contributed by atoms with van der Waals surface area (Å²) in [6, 6.07) is 6.24. The van der Waals surface area contributed by atoms with Gasteiger partial charge < -0.3 is 15.4 Å². The first-order valence-corrected chi connectivity index (χ1v) is 5.88. The number of rotatable bonds is 2. The van der Waals surface area contributed by atoms with E-state index in [0.717, 1.165) is 6.42 Å². The number of nitrogen functional groups attached to an aromatic ring is 1. The molecule has 96 valence electrons. The van der Waals surface area contributed by atoms with Gasteiger partial charge in [-0.3, -0.25) is 4.79 Å². The number of methoxy groups -OCH3 is 1. The van der Waals surface area contributed by atoms with E-state index in [2.05, 4.69) is 0 Å². The van der Waals surface area contributed by atoms with Crippen LogP contribution in [0.4, 0.5) is 5.69 Å². The Morgan fingerprint density at radius 2 is 2.00 bits per heavy atom. The minimum atomic E-state index is -0.458. The third-order valence-corrected chi connectivity index (χ3v) is 3.14. The van der Waals surface area contributed by atoms with Crippen LogP contribution < -0.4 is 5.73 Å². The van der Waals surface area contributed by atoms with Crippen LogP contribution in [0.1, 0.15) is 23.2 Å². The van der Waals surface area contributed by atoms with Crippen LogP contribution in [0.15, 0.2) is 24.3 Å². The number of ether oxygens (including phenoxy) is 1. The molecule has 1 amide bonds. The van der Waals surface area contributed by atoms with E-state index >= 15 is 0 Å². The molecule has 1 saturated heterocycles. The van der Waals surface area contributed by atoms with Gasteiger partial charge in [0.2, 0.25) is 0 Å². The number of hydrogen-bond acceptors (Lipinski definition) is 4. The van der Waals surface area contributed by atoms with Gasteiger partial charge in [-0.1, -0.05) is 0 Å². The Morgan fingerprint density at radius 3 is 2.61 bits per heavy atom. The molecule has 0 aromatic heterocycles. The molecule has 1 aliphatic rings. The fraction of sp³-hybridized carbons (Fsp3) is 0.385. The SMILES string of the molecule is COC(=O)[C@@H]1CCCN1C(=O)c1ccc(N)cc1. The van der Waals surface area contributed by atoms with Crippen LogP contribution >= 0.6 is 0 Å². The number of hydrogen-bond donors (Lipinski definition) is 1. The van der Waals surface area contributed by atoms with E-state index in [4.69, 9.17) is 10.5 Å². The van der Waals surface area contributed by atoms with Crippen LogP contribution in [0.25, 0.3) is 0 Å². The number of carbonyl (C=O) groups excluding carboxylic acids is 2. The standard InChI is InChI=1S/C13H16N2O3/c1-18-13(17)11-3-2-8-15(11)12(16)9-4-6-10(14)7-5-9/h4-7,11H,2-3,8,14H2,1H3/t11-/m0/s1. The van der Waals surface area contributed by atoms with Gasteiger partial charge in [0.1, 0.15) is 6.04 Å². The van der Waals surface area contributed by atoms with Crippen molar-refractivity contribution in [2.45, 2.75) is 18.9 Å². The summed E-state index contributed by atoms with van der Waals surface area (Å²) in [7, 11) is 1.34. The van der Waals surface area contributed by atoms with E-state index < -0.39 is 6.04 Å². The van der Waals surface area contributed by atoms with Gasteiger partial charge in [0.15, 0.2) is 0 Å². The zero-order valence-electron chi connectivity index (χ0n) is 10.3. The van der Waals surface area contributed by atoms with E-state index in [1.165, 1.54) is 7.11 Å². The molecule has 1 heterocycles. The summed E-state index contributed by atoms with van der Waals surface area (Å²) < 4.78 is 4.72. The fourth-order valence-electron chi connectivity index (χ4n) is 2.18. The quantitative estimate of drug-likeness (QED) is 0.627. The van der Waals surface area contributed by atoms with Crippen LogP contribution in [-0.2, 0) is 9.53 Å². The second kappa shape index (κ2) is 5.08. The van der Waals surface area contributed by atoms with Crippen molar-refractivity contribution in [1.82, 2.24) is 4.90 Å². The molecule has 0 saturated carbocycles. The van der Waals surface area contributed by atoms with E-state index in [1.807, 2.05) is 0 Å². The molecule has 5 heteroatoms. The predicted octanol–water partition coefficient (Wildman–Crippen LogP) is 1.05.